The first-order valence-corrected chi connectivity index (χ1v) is 4.05. The van der Waals surface area contributed by atoms with Crippen molar-refractivity contribution in [2.24, 2.45) is 0 Å². The topological polar surface area (TPSA) is 23.8 Å². The molecule has 0 aromatic rings. The molecule has 50 valence electrons. The van der Waals surface area contributed by atoms with E-state index in [0.29, 0.717) is 6.42 Å². The molecular formula is C6H8ClNS. The maximum Gasteiger partial charge on any atom is 0.179 e. The van der Waals surface area contributed by atoms with Gasteiger partial charge in [-0.2, -0.15) is 5.26 Å². The number of nitrogens with zero attached hydrogens (tertiary/aromatic N) is 1. The van der Waals surface area contributed by atoms with E-state index in [4.69, 9.17) is 16.9 Å². The lowest BCUT2D eigenvalue weighted by Crippen LogP contribution is -2.10. The number of hydrogen-bond acceptors (Lipinski definition) is 2. The quantitative estimate of drug-likeness (QED) is 0.469. The summed E-state index contributed by atoms with van der Waals surface area (Å²) in [5, 5.41) is 8.47. The summed E-state index contributed by atoms with van der Waals surface area (Å²) in [7, 11) is 0. The predicted molar refractivity (Wildman–Crippen MR) is 42.5 cm³/mol. The normalized spacial score (nSPS) is 15.7. The second kappa shape index (κ2) is 3.81. The van der Waals surface area contributed by atoms with Gasteiger partial charge < -0.3 is 0 Å². The van der Waals surface area contributed by atoms with Crippen molar-refractivity contribution in [1.29, 1.82) is 5.26 Å². The van der Waals surface area contributed by atoms with Crippen molar-refractivity contribution in [2.45, 2.75) is 10.6 Å². The SMILES string of the molecule is C=CCC(Cl)(C#N)SC. The second-order valence-corrected chi connectivity index (χ2v) is 3.51. The molecule has 1 unspecified atom stereocenters. The molecule has 0 aliphatic rings. The first kappa shape index (κ1) is 8.87. The minimum Gasteiger partial charge on any atom is -0.195 e. The molecule has 3 heteroatoms. The van der Waals surface area contributed by atoms with Crippen LogP contribution in [0.15, 0.2) is 12.7 Å². The molecule has 0 aromatic carbocycles. The maximum absolute atomic E-state index is 8.47. The third-order valence-corrected chi connectivity index (χ3v) is 2.50. The molecule has 0 saturated carbocycles. The fraction of sp³-hybridized carbons (Fsp3) is 0.500. The summed E-state index contributed by atoms with van der Waals surface area (Å²) in [6, 6.07) is 1.99. The fourth-order valence-electron chi connectivity index (χ4n) is 0.360. The number of hydrogen-bond donors (Lipinski definition) is 0. The van der Waals surface area contributed by atoms with Gasteiger partial charge >= 0.3 is 0 Å². The van der Waals surface area contributed by atoms with E-state index in [1.807, 2.05) is 6.07 Å². The Morgan fingerprint density at radius 3 is 2.67 bits per heavy atom. The molecule has 0 N–H and O–H groups in total. The Bertz CT molecular complexity index is 140. The van der Waals surface area contributed by atoms with Crippen LogP contribution in [-0.4, -0.2) is 10.5 Å². The van der Waals surface area contributed by atoms with Gasteiger partial charge in [0.25, 0.3) is 0 Å². The van der Waals surface area contributed by atoms with Crippen molar-refractivity contribution in [2.75, 3.05) is 6.26 Å². The molecule has 0 aliphatic carbocycles. The standard InChI is InChI=1S/C6H8ClNS/c1-3-4-6(7,5-8)9-2/h3H,1,4H2,2H3. The van der Waals surface area contributed by atoms with Gasteiger partial charge in [0.2, 0.25) is 0 Å². The smallest absolute Gasteiger partial charge is 0.179 e. The van der Waals surface area contributed by atoms with Gasteiger partial charge in [-0.25, -0.2) is 0 Å². The molecule has 0 radical (unpaired) electrons. The van der Waals surface area contributed by atoms with Crippen LogP contribution in [-0.2, 0) is 0 Å². The average molecular weight is 162 g/mol. The Labute approximate surface area is 64.7 Å². The molecule has 1 nitrogen and oxygen atoms in total. The van der Waals surface area contributed by atoms with Crippen molar-refractivity contribution < 1.29 is 0 Å². The van der Waals surface area contributed by atoms with E-state index in [1.54, 1.807) is 12.3 Å². The van der Waals surface area contributed by atoms with Crippen LogP contribution in [0.1, 0.15) is 6.42 Å². The van der Waals surface area contributed by atoms with E-state index in [1.165, 1.54) is 11.8 Å². The minimum atomic E-state index is -0.790. The molecule has 0 amide bonds. The van der Waals surface area contributed by atoms with Gasteiger partial charge in [-0.3, -0.25) is 0 Å². The van der Waals surface area contributed by atoms with Gasteiger partial charge in [-0.05, 0) is 6.26 Å². The summed E-state index contributed by atoms with van der Waals surface area (Å²) in [5.41, 5.74) is 0. The molecule has 0 heterocycles. The predicted octanol–water partition coefficient (Wildman–Crippen LogP) is 2.38. The molecule has 0 bridgehead atoms. The van der Waals surface area contributed by atoms with Crippen LogP contribution < -0.4 is 0 Å². The zero-order valence-electron chi connectivity index (χ0n) is 5.22. The van der Waals surface area contributed by atoms with E-state index in [9.17, 15) is 0 Å². The first-order chi connectivity index (χ1) is 4.18. The lowest BCUT2D eigenvalue weighted by molar-refractivity contribution is 1.01. The van der Waals surface area contributed by atoms with E-state index in [0.717, 1.165) is 0 Å². The fourth-order valence-corrected chi connectivity index (χ4v) is 0.845. The van der Waals surface area contributed by atoms with Crippen LogP contribution in [0.3, 0.4) is 0 Å². The summed E-state index contributed by atoms with van der Waals surface area (Å²) in [6.45, 7) is 3.49. The number of allylic oxidation sites excluding steroid dienone is 1. The highest BCUT2D eigenvalue weighted by atomic mass is 35.5. The van der Waals surface area contributed by atoms with Gasteiger partial charge in [0.05, 0.1) is 6.07 Å². The Balaban J connectivity index is 3.96. The van der Waals surface area contributed by atoms with E-state index in [-0.39, 0.29) is 0 Å². The lowest BCUT2D eigenvalue weighted by atomic mass is 10.3. The highest BCUT2D eigenvalue weighted by Gasteiger charge is 2.22. The maximum atomic E-state index is 8.47. The zero-order valence-corrected chi connectivity index (χ0v) is 6.80. The zero-order chi connectivity index (χ0) is 7.33. The molecular weight excluding hydrogens is 154 g/mol. The van der Waals surface area contributed by atoms with Crippen molar-refractivity contribution >= 4 is 23.4 Å². The first-order valence-electron chi connectivity index (χ1n) is 2.45. The third-order valence-electron chi connectivity index (χ3n) is 0.897. The van der Waals surface area contributed by atoms with Crippen molar-refractivity contribution in [3.05, 3.63) is 12.7 Å². The minimum absolute atomic E-state index is 0.520. The van der Waals surface area contributed by atoms with Gasteiger partial charge in [-0.1, -0.05) is 17.7 Å². The molecule has 0 saturated heterocycles. The molecule has 9 heavy (non-hydrogen) atoms. The average Bonchev–Trinajstić information content (AvgIpc) is 1.89. The highest BCUT2D eigenvalue weighted by molar-refractivity contribution is 8.01. The Morgan fingerprint density at radius 2 is 2.56 bits per heavy atom. The Kier molecular flexibility index (Phi) is 3.76. The number of rotatable bonds is 3. The van der Waals surface area contributed by atoms with Crippen molar-refractivity contribution in [3.63, 3.8) is 0 Å². The van der Waals surface area contributed by atoms with E-state index in [2.05, 4.69) is 6.58 Å². The number of nitriles is 1. The van der Waals surface area contributed by atoms with Crippen LogP contribution in [0, 0.1) is 11.3 Å². The van der Waals surface area contributed by atoms with E-state index < -0.39 is 4.21 Å². The Morgan fingerprint density at radius 1 is 2.00 bits per heavy atom. The summed E-state index contributed by atoms with van der Waals surface area (Å²) >= 11 is 7.07. The van der Waals surface area contributed by atoms with Crippen LogP contribution in [0.4, 0.5) is 0 Å². The van der Waals surface area contributed by atoms with Crippen molar-refractivity contribution in [3.8, 4) is 6.07 Å². The molecule has 0 rings (SSSR count). The van der Waals surface area contributed by atoms with Crippen LogP contribution >= 0.6 is 23.4 Å². The third kappa shape index (κ3) is 2.78. The number of thioether (sulfide) groups is 1. The van der Waals surface area contributed by atoms with Gasteiger partial charge in [0.15, 0.2) is 4.21 Å². The summed E-state index contributed by atoms with van der Waals surface area (Å²) in [6.07, 6.45) is 3.97. The molecule has 0 fully saturated rings. The Hall–Kier alpha value is -0.130. The van der Waals surface area contributed by atoms with Gasteiger partial charge in [0, 0.05) is 6.42 Å². The summed E-state index contributed by atoms with van der Waals surface area (Å²) < 4.78 is -0.790. The lowest BCUT2D eigenvalue weighted by Gasteiger charge is -2.11. The summed E-state index contributed by atoms with van der Waals surface area (Å²) in [5.74, 6) is 0. The van der Waals surface area contributed by atoms with Crippen LogP contribution in [0.2, 0.25) is 0 Å². The number of halogens is 1. The van der Waals surface area contributed by atoms with Crippen LogP contribution in [0.25, 0.3) is 0 Å². The second-order valence-electron chi connectivity index (χ2n) is 1.54. The monoisotopic (exact) mass is 161 g/mol. The van der Waals surface area contributed by atoms with Crippen molar-refractivity contribution in [1.82, 2.24) is 0 Å². The number of alkyl halides is 1. The molecule has 0 spiro atoms. The molecule has 0 aliphatic heterocycles. The van der Waals surface area contributed by atoms with E-state index >= 15 is 0 Å². The highest BCUT2D eigenvalue weighted by Crippen LogP contribution is 2.30. The van der Waals surface area contributed by atoms with Gasteiger partial charge in [0.1, 0.15) is 0 Å². The molecule has 0 aromatic heterocycles. The largest absolute Gasteiger partial charge is 0.195 e. The summed E-state index contributed by atoms with van der Waals surface area (Å²) in [4.78, 5) is 0. The van der Waals surface area contributed by atoms with Crippen LogP contribution in [0.5, 0.6) is 0 Å². The van der Waals surface area contributed by atoms with Gasteiger partial charge in [-0.15, -0.1) is 18.3 Å². The molecule has 1 atom stereocenters.